The van der Waals surface area contributed by atoms with Crippen LogP contribution in [0.2, 0.25) is 0 Å². The molecule has 0 aliphatic rings. The van der Waals surface area contributed by atoms with E-state index in [1.54, 1.807) is 13.2 Å². The fraction of sp³-hybridized carbons (Fsp3) is 0.185. The van der Waals surface area contributed by atoms with Crippen LogP contribution in [0.4, 0.5) is 5.69 Å². The van der Waals surface area contributed by atoms with E-state index in [0.717, 1.165) is 22.4 Å². The van der Waals surface area contributed by atoms with Crippen molar-refractivity contribution in [3.8, 4) is 11.8 Å². The van der Waals surface area contributed by atoms with Gasteiger partial charge in [-0.1, -0.05) is 53.1 Å². The zero-order valence-electron chi connectivity index (χ0n) is 18.3. The molecule has 4 heteroatoms. The van der Waals surface area contributed by atoms with Crippen molar-refractivity contribution < 1.29 is 9.53 Å². The number of carbonyl (C=O) groups excluding carboxylic acids is 1. The summed E-state index contributed by atoms with van der Waals surface area (Å²) in [5.41, 5.74) is 7.17. The molecule has 3 rings (SSSR count). The number of ether oxygens (including phenoxy) is 1. The number of benzene rings is 3. The molecule has 0 aromatic heterocycles. The second-order valence-electron chi connectivity index (χ2n) is 7.73. The SMILES string of the molecule is COc1ccc(/C=C(\C#N)C(=O)Nc2ccc(C)cc2)c(Cc2cc(C)cc(C)c2)c1. The molecule has 4 nitrogen and oxygen atoms in total. The Hall–Kier alpha value is -3.84. The van der Waals surface area contributed by atoms with Crippen molar-refractivity contribution in [1.82, 2.24) is 0 Å². The maximum Gasteiger partial charge on any atom is 0.266 e. The molecule has 0 saturated heterocycles. The summed E-state index contributed by atoms with van der Waals surface area (Å²) in [4.78, 5) is 12.7. The molecule has 0 unspecified atom stereocenters. The van der Waals surface area contributed by atoms with E-state index < -0.39 is 5.91 Å². The van der Waals surface area contributed by atoms with Gasteiger partial charge in [0.1, 0.15) is 17.4 Å². The van der Waals surface area contributed by atoms with E-state index in [1.165, 1.54) is 16.7 Å². The van der Waals surface area contributed by atoms with E-state index in [2.05, 4.69) is 37.4 Å². The molecule has 3 aromatic rings. The molecule has 0 saturated carbocycles. The second kappa shape index (κ2) is 9.77. The lowest BCUT2D eigenvalue weighted by molar-refractivity contribution is -0.112. The molecule has 0 heterocycles. The van der Waals surface area contributed by atoms with E-state index in [0.29, 0.717) is 12.1 Å². The highest BCUT2D eigenvalue weighted by Crippen LogP contribution is 2.24. The van der Waals surface area contributed by atoms with E-state index in [-0.39, 0.29) is 5.57 Å². The van der Waals surface area contributed by atoms with Crippen molar-refractivity contribution in [3.63, 3.8) is 0 Å². The molecule has 0 aliphatic heterocycles. The van der Waals surface area contributed by atoms with Crippen LogP contribution < -0.4 is 10.1 Å². The van der Waals surface area contributed by atoms with Gasteiger partial charge in [0.05, 0.1) is 7.11 Å². The van der Waals surface area contributed by atoms with Crippen LogP contribution in [0.3, 0.4) is 0 Å². The van der Waals surface area contributed by atoms with Crippen LogP contribution in [0.1, 0.15) is 33.4 Å². The summed E-state index contributed by atoms with van der Waals surface area (Å²) in [5, 5.41) is 12.4. The normalized spacial score (nSPS) is 11.0. The zero-order valence-corrected chi connectivity index (χ0v) is 18.3. The summed E-state index contributed by atoms with van der Waals surface area (Å²) in [6, 6.07) is 21.6. The Bertz CT molecular complexity index is 1150. The minimum absolute atomic E-state index is 0.0485. The molecule has 0 spiro atoms. The Kier molecular flexibility index (Phi) is 6.89. The standard InChI is InChI=1S/C27H26N2O2/c1-18-5-8-25(9-6-18)29-27(30)24(17-28)15-22-7-10-26(31-4)16-23(22)14-21-12-19(2)11-20(3)13-21/h5-13,15-16H,14H2,1-4H3,(H,29,30)/b24-15+. The first kappa shape index (κ1) is 21.9. The van der Waals surface area contributed by atoms with Gasteiger partial charge in [-0.15, -0.1) is 0 Å². The molecule has 1 N–H and O–H groups in total. The van der Waals surface area contributed by atoms with E-state index in [1.807, 2.05) is 55.5 Å². The molecule has 1 amide bonds. The summed E-state index contributed by atoms with van der Waals surface area (Å²) in [6.45, 7) is 6.13. The van der Waals surface area contributed by atoms with E-state index >= 15 is 0 Å². The van der Waals surface area contributed by atoms with Gasteiger partial charge in [0, 0.05) is 5.69 Å². The van der Waals surface area contributed by atoms with Crippen LogP contribution in [-0.2, 0) is 11.2 Å². The summed E-state index contributed by atoms with van der Waals surface area (Å²) < 4.78 is 5.40. The van der Waals surface area contributed by atoms with Gasteiger partial charge in [-0.05, 0) is 74.2 Å². The van der Waals surface area contributed by atoms with Gasteiger partial charge in [0.25, 0.3) is 5.91 Å². The molecule has 156 valence electrons. The highest BCUT2D eigenvalue weighted by Gasteiger charge is 2.12. The molecule has 0 aliphatic carbocycles. The van der Waals surface area contributed by atoms with Crippen LogP contribution in [0, 0.1) is 32.1 Å². The van der Waals surface area contributed by atoms with Gasteiger partial charge in [-0.25, -0.2) is 0 Å². The summed E-state index contributed by atoms with van der Waals surface area (Å²) >= 11 is 0. The summed E-state index contributed by atoms with van der Waals surface area (Å²) in [5.74, 6) is 0.304. The smallest absolute Gasteiger partial charge is 0.266 e. The van der Waals surface area contributed by atoms with Gasteiger partial charge in [0.15, 0.2) is 0 Å². The lowest BCUT2D eigenvalue weighted by Gasteiger charge is -2.11. The molecular formula is C27H26N2O2. The minimum Gasteiger partial charge on any atom is -0.497 e. The fourth-order valence-corrected chi connectivity index (χ4v) is 3.53. The van der Waals surface area contributed by atoms with Crippen LogP contribution in [0.15, 0.2) is 66.2 Å². The Morgan fingerprint density at radius 3 is 2.26 bits per heavy atom. The first-order chi connectivity index (χ1) is 14.9. The van der Waals surface area contributed by atoms with Crippen LogP contribution >= 0.6 is 0 Å². The number of methoxy groups -OCH3 is 1. The van der Waals surface area contributed by atoms with Crippen molar-refractivity contribution in [1.29, 1.82) is 5.26 Å². The number of anilines is 1. The Balaban J connectivity index is 1.93. The number of hydrogen-bond donors (Lipinski definition) is 1. The zero-order chi connectivity index (χ0) is 22.4. The van der Waals surface area contributed by atoms with Gasteiger partial charge in [-0.3, -0.25) is 4.79 Å². The number of amides is 1. The van der Waals surface area contributed by atoms with Crippen LogP contribution in [0.25, 0.3) is 6.08 Å². The number of nitriles is 1. The number of carbonyl (C=O) groups is 1. The predicted molar refractivity (Wildman–Crippen MR) is 125 cm³/mol. The maximum absolute atomic E-state index is 12.7. The average molecular weight is 411 g/mol. The number of nitrogens with one attached hydrogen (secondary N) is 1. The van der Waals surface area contributed by atoms with Gasteiger partial charge in [-0.2, -0.15) is 5.26 Å². The average Bonchev–Trinajstić information content (AvgIpc) is 2.73. The molecule has 0 fully saturated rings. The lowest BCUT2D eigenvalue weighted by Crippen LogP contribution is -2.13. The van der Waals surface area contributed by atoms with Crippen molar-refractivity contribution in [2.24, 2.45) is 0 Å². The van der Waals surface area contributed by atoms with Gasteiger partial charge >= 0.3 is 0 Å². The van der Waals surface area contributed by atoms with Gasteiger partial charge in [0.2, 0.25) is 0 Å². The second-order valence-corrected chi connectivity index (χ2v) is 7.73. The van der Waals surface area contributed by atoms with Crippen molar-refractivity contribution in [2.45, 2.75) is 27.2 Å². The number of hydrogen-bond acceptors (Lipinski definition) is 3. The quantitative estimate of drug-likeness (QED) is 0.415. The lowest BCUT2D eigenvalue weighted by atomic mass is 9.96. The molecule has 0 radical (unpaired) electrons. The third-order valence-corrected chi connectivity index (χ3v) is 5.00. The first-order valence-corrected chi connectivity index (χ1v) is 10.1. The Labute approximate surface area is 183 Å². The minimum atomic E-state index is -0.431. The first-order valence-electron chi connectivity index (χ1n) is 10.1. The van der Waals surface area contributed by atoms with Crippen molar-refractivity contribution in [2.75, 3.05) is 12.4 Å². The third kappa shape index (κ3) is 5.83. The molecular weight excluding hydrogens is 384 g/mol. The van der Waals surface area contributed by atoms with Crippen LogP contribution in [-0.4, -0.2) is 13.0 Å². The fourth-order valence-electron chi connectivity index (χ4n) is 3.53. The number of rotatable bonds is 6. The largest absolute Gasteiger partial charge is 0.497 e. The number of aryl methyl sites for hydroxylation is 3. The van der Waals surface area contributed by atoms with Gasteiger partial charge < -0.3 is 10.1 Å². The van der Waals surface area contributed by atoms with E-state index in [4.69, 9.17) is 4.74 Å². The monoisotopic (exact) mass is 410 g/mol. The predicted octanol–water partition coefficient (Wildman–Crippen LogP) is 5.76. The molecule has 0 atom stereocenters. The third-order valence-electron chi connectivity index (χ3n) is 5.00. The highest BCUT2D eigenvalue weighted by atomic mass is 16.5. The Morgan fingerprint density at radius 2 is 1.65 bits per heavy atom. The number of nitrogens with zero attached hydrogens (tertiary/aromatic N) is 1. The maximum atomic E-state index is 12.7. The molecule has 3 aromatic carbocycles. The molecule has 0 bridgehead atoms. The Morgan fingerprint density at radius 1 is 0.968 bits per heavy atom. The van der Waals surface area contributed by atoms with E-state index in [9.17, 15) is 10.1 Å². The van der Waals surface area contributed by atoms with Crippen molar-refractivity contribution in [3.05, 3.63) is 99.6 Å². The molecule has 31 heavy (non-hydrogen) atoms. The topological polar surface area (TPSA) is 62.1 Å². The summed E-state index contributed by atoms with van der Waals surface area (Å²) in [7, 11) is 1.63. The summed E-state index contributed by atoms with van der Waals surface area (Å²) in [6.07, 6.45) is 2.31. The van der Waals surface area contributed by atoms with Crippen molar-refractivity contribution >= 4 is 17.7 Å². The highest BCUT2D eigenvalue weighted by molar-refractivity contribution is 6.09. The van der Waals surface area contributed by atoms with Crippen LogP contribution in [0.5, 0.6) is 5.75 Å².